The summed E-state index contributed by atoms with van der Waals surface area (Å²) in [5, 5.41) is 27.1. The molecule has 0 spiro atoms. The summed E-state index contributed by atoms with van der Waals surface area (Å²) in [5.74, 6) is 1.99. The van der Waals surface area contributed by atoms with E-state index in [0.717, 1.165) is 48.2 Å². The van der Waals surface area contributed by atoms with E-state index in [0.29, 0.717) is 29.8 Å². The average molecular weight is 486 g/mol. The number of carbonyl (C=O) groups is 1. The number of methoxy groups -OCH3 is 1. The van der Waals surface area contributed by atoms with E-state index >= 15 is 0 Å². The Hall–Kier alpha value is -3.17. The maximum absolute atomic E-state index is 11.5. The third-order valence-electron chi connectivity index (χ3n) is 6.83. The molecule has 9 nitrogen and oxygen atoms in total. The Morgan fingerprint density at radius 2 is 1.91 bits per heavy atom. The van der Waals surface area contributed by atoms with Gasteiger partial charge < -0.3 is 19.9 Å². The Balaban J connectivity index is 0.00000274. The van der Waals surface area contributed by atoms with Crippen LogP contribution in [0.15, 0.2) is 42.5 Å². The summed E-state index contributed by atoms with van der Waals surface area (Å²) >= 11 is 0. The number of aromatic amines is 1. The summed E-state index contributed by atoms with van der Waals surface area (Å²) in [4.78, 5) is 11.5. The molecule has 2 heterocycles. The monoisotopic (exact) mass is 485 g/mol. The van der Waals surface area contributed by atoms with E-state index in [-0.39, 0.29) is 18.5 Å². The van der Waals surface area contributed by atoms with Gasteiger partial charge in [-0.1, -0.05) is 24.3 Å². The van der Waals surface area contributed by atoms with E-state index in [9.17, 15) is 9.90 Å². The van der Waals surface area contributed by atoms with E-state index < -0.39 is 12.0 Å². The van der Waals surface area contributed by atoms with Crippen molar-refractivity contribution in [1.29, 1.82) is 0 Å². The lowest BCUT2D eigenvalue weighted by atomic mass is 9.72. The van der Waals surface area contributed by atoms with Gasteiger partial charge in [-0.2, -0.15) is 5.21 Å². The lowest BCUT2D eigenvalue weighted by Gasteiger charge is -2.41. The van der Waals surface area contributed by atoms with Gasteiger partial charge in [0.25, 0.3) is 0 Å². The van der Waals surface area contributed by atoms with Crippen molar-refractivity contribution in [3.05, 3.63) is 42.5 Å². The van der Waals surface area contributed by atoms with Gasteiger partial charge in [-0.3, -0.25) is 4.79 Å². The minimum Gasteiger partial charge on any atom is -0.496 e. The number of ether oxygens (including phenoxy) is 2. The second-order valence-electron chi connectivity index (χ2n) is 8.75. The van der Waals surface area contributed by atoms with Gasteiger partial charge in [0, 0.05) is 5.56 Å². The lowest BCUT2D eigenvalue weighted by Crippen LogP contribution is -2.50. The third-order valence-corrected chi connectivity index (χ3v) is 6.83. The van der Waals surface area contributed by atoms with E-state index in [2.05, 4.69) is 25.9 Å². The van der Waals surface area contributed by atoms with Crippen LogP contribution >= 0.6 is 12.4 Å². The Morgan fingerprint density at radius 1 is 1.06 bits per heavy atom. The maximum atomic E-state index is 11.5. The molecule has 3 aromatic rings. The first kappa shape index (κ1) is 24.0. The number of rotatable bonds is 6. The number of nitrogens with zero attached hydrogens (tertiary/aromatic N) is 3. The van der Waals surface area contributed by atoms with Crippen LogP contribution in [0.5, 0.6) is 11.5 Å². The fraction of sp³-hybridized carbons (Fsp3) is 0.417. The number of benzene rings is 2. The Kier molecular flexibility index (Phi) is 7.33. The van der Waals surface area contributed by atoms with Crippen LogP contribution in [0.25, 0.3) is 22.5 Å². The van der Waals surface area contributed by atoms with Crippen molar-refractivity contribution in [2.24, 2.45) is 11.8 Å². The van der Waals surface area contributed by atoms with E-state index in [1.165, 1.54) is 0 Å². The number of aromatic nitrogens is 4. The van der Waals surface area contributed by atoms with E-state index in [4.69, 9.17) is 9.47 Å². The van der Waals surface area contributed by atoms with Crippen molar-refractivity contribution in [3.63, 3.8) is 0 Å². The van der Waals surface area contributed by atoms with Crippen LogP contribution in [0.1, 0.15) is 25.7 Å². The fourth-order valence-corrected chi connectivity index (χ4v) is 5.13. The second-order valence-corrected chi connectivity index (χ2v) is 8.75. The largest absolute Gasteiger partial charge is 0.496 e. The molecule has 4 atom stereocenters. The molecule has 1 saturated heterocycles. The summed E-state index contributed by atoms with van der Waals surface area (Å²) in [7, 11) is 1.66. The molecule has 0 bridgehead atoms. The van der Waals surface area contributed by atoms with Crippen molar-refractivity contribution in [2.45, 2.75) is 37.8 Å². The normalized spacial score (nSPS) is 23.9. The van der Waals surface area contributed by atoms with Gasteiger partial charge >= 0.3 is 5.97 Å². The Morgan fingerprint density at radius 3 is 2.68 bits per heavy atom. The zero-order valence-electron chi connectivity index (χ0n) is 18.8. The molecule has 0 radical (unpaired) electrons. The third kappa shape index (κ3) is 4.85. The van der Waals surface area contributed by atoms with Crippen LogP contribution in [0.2, 0.25) is 0 Å². The summed E-state index contributed by atoms with van der Waals surface area (Å²) < 4.78 is 12.1. The van der Waals surface area contributed by atoms with Crippen LogP contribution < -0.4 is 14.8 Å². The zero-order chi connectivity index (χ0) is 22.8. The summed E-state index contributed by atoms with van der Waals surface area (Å²) in [6.45, 7) is 0.756. The average Bonchev–Trinajstić information content (AvgIpc) is 3.38. The number of nitrogens with one attached hydrogen (secondary N) is 2. The molecule has 5 rings (SSSR count). The summed E-state index contributed by atoms with van der Waals surface area (Å²) in [5.41, 5.74) is 2.70. The van der Waals surface area contributed by atoms with Gasteiger partial charge in [0.15, 0.2) is 0 Å². The van der Waals surface area contributed by atoms with Crippen molar-refractivity contribution < 1.29 is 19.4 Å². The maximum Gasteiger partial charge on any atom is 0.320 e. The Bertz CT molecular complexity index is 1130. The van der Waals surface area contributed by atoms with Gasteiger partial charge in [0.2, 0.25) is 5.82 Å². The van der Waals surface area contributed by atoms with Crippen LogP contribution in [0.4, 0.5) is 0 Å². The van der Waals surface area contributed by atoms with Gasteiger partial charge in [0.05, 0.1) is 18.8 Å². The second kappa shape index (κ2) is 10.4. The fourth-order valence-electron chi connectivity index (χ4n) is 5.13. The molecule has 3 N–H and O–H groups in total. The SMILES string of the molecule is COc1ccccc1-c1ccc(-c2nn[nH]n2)c(O[C@H]2CC[C@H]3CN[C@H](C(=O)O)C[C@H]3C2)c1.Cl. The first-order valence-electron chi connectivity index (χ1n) is 11.3. The number of carboxylic acids is 1. The molecule has 180 valence electrons. The predicted octanol–water partition coefficient (Wildman–Crippen LogP) is 3.57. The molecule has 2 aliphatic rings. The van der Waals surface area contributed by atoms with Crippen molar-refractivity contribution in [1.82, 2.24) is 25.9 Å². The number of carboxylic acid groups (broad SMARTS) is 1. The standard InChI is InChI=1S/C24H27N5O4.ClH/c1-32-21-5-3-2-4-18(21)14-7-9-19(23-26-28-29-27-23)22(12-14)33-17-8-6-15-13-25-20(24(30)31)11-16(15)10-17;/h2-5,7,9,12,15-17,20,25H,6,8,10-11,13H2,1H3,(H,30,31)(H,26,27,28,29);1H/t15-,16+,17-,20-;/m0./s1. The molecular formula is C24H28ClN5O4. The van der Waals surface area contributed by atoms with Crippen molar-refractivity contribution >= 4 is 18.4 Å². The molecular weight excluding hydrogens is 458 g/mol. The van der Waals surface area contributed by atoms with Crippen LogP contribution in [0, 0.1) is 11.8 Å². The molecule has 2 aromatic carbocycles. The molecule has 10 heteroatoms. The molecule has 2 fully saturated rings. The van der Waals surface area contributed by atoms with Crippen LogP contribution in [0.3, 0.4) is 0 Å². The van der Waals surface area contributed by atoms with Crippen LogP contribution in [-0.2, 0) is 4.79 Å². The van der Waals surface area contributed by atoms with Crippen molar-refractivity contribution in [2.75, 3.05) is 13.7 Å². The van der Waals surface area contributed by atoms with Crippen molar-refractivity contribution in [3.8, 4) is 34.0 Å². The zero-order valence-corrected chi connectivity index (χ0v) is 19.6. The number of fused-ring (bicyclic) bond motifs is 1. The highest BCUT2D eigenvalue weighted by Crippen LogP contribution is 2.40. The minimum atomic E-state index is -0.777. The molecule has 1 aliphatic heterocycles. The number of para-hydroxylation sites is 1. The highest BCUT2D eigenvalue weighted by atomic mass is 35.5. The van der Waals surface area contributed by atoms with Crippen LogP contribution in [-0.4, -0.2) is 57.5 Å². The van der Waals surface area contributed by atoms with Gasteiger partial charge in [-0.15, -0.1) is 22.6 Å². The molecule has 1 aliphatic carbocycles. The summed E-state index contributed by atoms with van der Waals surface area (Å²) in [6.07, 6.45) is 3.40. The quantitative estimate of drug-likeness (QED) is 0.484. The number of hydrogen-bond acceptors (Lipinski definition) is 7. The molecule has 34 heavy (non-hydrogen) atoms. The smallest absolute Gasteiger partial charge is 0.320 e. The molecule has 1 saturated carbocycles. The molecule has 1 aromatic heterocycles. The highest BCUT2D eigenvalue weighted by Gasteiger charge is 2.38. The first-order chi connectivity index (χ1) is 16.1. The number of aliphatic carboxylic acids is 1. The highest BCUT2D eigenvalue weighted by molar-refractivity contribution is 5.85. The number of halogens is 1. The van der Waals surface area contributed by atoms with E-state index in [1.807, 2.05) is 42.5 Å². The number of tetrazole rings is 1. The first-order valence-corrected chi connectivity index (χ1v) is 11.3. The van der Waals surface area contributed by atoms with Gasteiger partial charge in [0.1, 0.15) is 17.5 Å². The molecule has 0 amide bonds. The predicted molar refractivity (Wildman–Crippen MR) is 128 cm³/mol. The molecule has 0 unspecified atom stereocenters. The van der Waals surface area contributed by atoms with Gasteiger partial charge in [-0.25, -0.2) is 0 Å². The Labute approximate surface area is 203 Å². The minimum absolute atomic E-state index is 0. The number of H-pyrrole nitrogens is 1. The number of piperidine rings is 1. The lowest BCUT2D eigenvalue weighted by molar-refractivity contribution is -0.141. The summed E-state index contributed by atoms with van der Waals surface area (Å²) in [6, 6.07) is 13.3. The number of hydrogen-bond donors (Lipinski definition) is 3. The van der Waals surface area contributed by atoms with Gasteiger partial charge in [-0.05, 0) is 73.0 Å². The van der Waals surface area contributed by atoms with E-state index in [1.54, 1.807) is 7.11 Å². The topological polar surface area (TPSA) is 122 Å².